The van der Waals surface area contributed by atoms with Crippen LogP contribution in [-0.4, -0.2) is 44.7 Å². The molecule has 1 saturated heterocycles. The molecular formula is C34H33Cl2N7O4. The molecule has 5 aromatic rings. The van der Waals surface area contributed by atoms with Gasteiger partial charge in [0.25, 0.3) is 5.56 Å². The third-order valence-electron chi connectivity index (χ3n) is 8.32. The minimum Gasteiger partial charge on any atom is -0.481 e. The minimum absolute atomic E-state index is 0.0851. The number of fused-ring (bicyclic) bond motifs is 1. The number of hydrogen-bond donors (Lipinski definition) is 3. The lowest BCUT2D eigenvalue weighted by Gasteiger charge is -2.17. The maximum Gasteiger partial charge on any atom is 0.330 e. The van der Waals surface area contributed by atoms with Crippen LogP contribution in [0.15, 0.2) is 64.2 Å². The van der Waals surface area contributed by atoms with Crippen molar-refractivity contribution in [3.05, 3.63) is 96.7 Å². The lowest BCUT2D eigenvalue weighted by molar-refractivity contribution is -0.119. The van der Waals surface area contributed by atoms with Gasteiger partial charge in [0.1, 0.15) is 11.2 Å². The van der Waals surface area contributed by atoms with Crippen molar-refractivity contribution < 1.29 is 9.53 Å². The first-order valence-corrected chi connectivity index (χ1v) is 15.8. The molecule has 242 valence electrons. The van der Waals surface area contributed by atoms with Gasteiger partial charge >= 0.3 is 5.69 Å². The molecular weight excluding hydrogens is 641 g/mol. The van der Waals surface area contributed by atoms with Gasteiger partial charge < -0.3 is 20.7 Å². The van der Waals surface area contributed by atoms with E-state index in [0.717, 1.165) is 16.6 Å². The second-order valence-electron chi connectivity index (χ2n) is 11.5. The van der Waals surface area contributed by atoms with Crippen LogP contribution in [-0.2, 0) is 25.4 Å². The Kier molecular flexibility index (Phi) is 9.05. The Bertz CT molecular complexity index is 2160. The molecule has 0 bridgehead atoms. The lowest BCUT2D eigenvalue weighted by Crippen LogP contribution is -2.37. The Balaban J connectivity index is 1.31. The largest absolute Gasteiger partial charge is 0.481 e. The lowest BCUT2D eigenvalue weighted by atomic mass is 10.00. The zero-order chi connectivity index (χ0) is 33.4. The van der Waals surface area contributed by atoms with Gasteiger partial charge in [0.15, 0.2) is 0 Å². The highest BCUT2D eigenvalue weighted by Crippen LogP contribution is 2.42. The number of methoxy groups -OCH3 is 1. The monoisotopic (exact) mass is 673 g/mol. The summed E-state index contributed by atoms with van der Waals surface area (Å²) in [6, 6.07) is 16.8. The van der Waals surface area contributed by atoms with E-state index in [-0.39, 0.29) is 23.2 Å². The number of pyridine rings is 2. The van der Waals surface area contributed by atoms with Crippen molar-refractivity contribution >= 4 is 51.5 Å². The number of carbonyl (C=O) groups excluding carboxylic acids is 1. The zero-order valence-corrected chi connectivity index (χ0v) is 27.8. The first-order valence-electron chi connectivity index (χ1n) is 15.0. The van der Waals surface area contributed by atoms with Gasteiger partial charge in [0, 0.05) is 67.6 Å². The predicted octanol–water partition coefficient (Wildman–Crippen LogP) is 5.10. The molecule has 2 aromatic carbocycles. The fourth-order valence-corrected chi connectivity index (χ4v) is 6.45. The third-order valence-corrected chi connectivity index (χ3v) is 9.14. The highest BCUT2D eigenvalue weighted by Gasteiger charge is 2.21. The third kappa shape index (κ3) is 6.21. The van der Waals surface area contributed by atoms with Crippen molar-refractivity contribution in [3.63, 3.8) is 0 Å². The van der Waals surface area contributed by atoms with Crippen molar-refractivity contribution in [3.8, 4) is 28.3 Å². The fraction of sp³-hybridized carbons (Fsp3) is 0.265. The summed E-state index contributed by atoms with van der Waals surface area (Å²) in [6.45, 7) is 2.98. The van der Waals surface area contributed by atoms with E-state index in [2.05, 4.69) is 20.9 Å². The summed E-state index contributed by atoms with van der Waals surface area (Å²) in [7, 11) is 4.62. The molecule has 13 heteroatoms. The maximum absolute atomic E-state index is 13.2. The molecule has 1 atom stereocenters. The smallest absolute Gasteiger partial charge is 0.330 e. The van der Waals surface area contributed by atoms with Gasteiger partial charge in [0.05, 0.1) is 34.1 Å². The average Bonchev–Trinajstić information content (AvgIpc) is 3.48. The highest BCUT2D eigenvalue weighted by molar-refractivity contribution is 6.39. The van der Waals surface area contributed by atoms with Crippen LogP contribution >= 0.6 is 23.2 Å². The number of aryl methyl sites for hydroxylation is 2. The van der Waals surface area contributed by atoms with Crippen LogP contribution in [0.25, 0.3) is 33.3 Å². The molecule has 0 aliphatic carbocycles. The number of hydrogen-bond acceptors (Lipinski definition) is 8. The van der Waals surface area contributed by atoms with Gasteiger partial charge in [-0.3, -0.25) is 18.7 Å². The van der Waals surface area contributed by atoms with E-state index in [4.69, 9.17) is 32.9 Å². The van der Waals surface area contributed by atoms with E-state index in [9.17, 15) is 14.4 Å². The topological polar surface area (TPSA) is 132 Å². The molecule has 0 spiro atoms. The van der Waals surface area contributed by atoms with Gasteiger partial charge in [-0.15, -0.1) is 0 Å². The maximum atomic E-state index is 13.2. The van der Waals surface area contributed by atoms with E-state index < -0.39 is 11.2 Å². The van der Waals surface area contributed by atoms with Crippen molar-refractivity contribution in [2.24, 2.45) is 14.1 Å². The minimum atomic E-state index is -0.465. The first kappa shape index (κ1) is 32.2. The number of ether oxygens (including phenoxy) is 1. The fourth-order valence-electron chi connectivity index (χ4n) is 5.85. The van der Waals surface area contributed by atoms with Crippen LogP contribution < -0.4 is 31.9 Å². The molecule has 47 heavy (non-hydrogen) atoms. The summed E-state index contributed by atoms with van der Waals surface area (Å²) in [4.78, 5) is 46.6. The van der Waals surface area contributed by atoms with E-state index in [0.29, 0.717) is 74.7 Å². The van der Waals surface area contributed by atoms with Gasteiger partial charge in [-0.05, 0) is 31.5 Å². The summed E-state index contributed by atoms with van der Waals surface area (Å²) >= 11 is 14.0. The SMILES string of the molecule is COc1nc(-c2cccc(-c3cccc(Nc4nc(C)cc5c4c(=O)n(C)c(=O)n5C)c3Cl)c2Cl)ccc1CNC[C@@H]1CCC(=O)N1. The molecule has 1 aliphatic heterocycles. The normalized spacial score (nSPS) is 14.4. The van der Waals surface area contributed by atoms with Gasteiger partial charge in [-0.25, -0.2) is 14.8 Å². The van der Waals surface area contributed by atoms with Gasteiger partial charge in [0.2, 0.25) is 11.8 Å². The molecule has 3 N–H and O–H groups in total. The second kappa shape index (κ2) is 13.2. The molecule has 0 unspecified atom stereocenters. The average molecular weight is 675 g/mol. The van der Waals surface area contributed by atoms with Crippen molar-refractivity contribution in [2.75, 3.05) is 19.0 Å². The highest BCUT2D eigenvalue weighted by atomic mass is 35.5. The molecule has 4 heterocycles. The second-order valence-corrected chi connectivity index (χ2v) is 12.2. The number of nitrogens with one attached hydrogen (secondary N) is 3. The van der Waals surface area contributed by atoms with Crippen molar-refractivity contribution in [1.29, 1.82) is 0 Å². The van der Waals surface area contributed by atoms with E-state index in [1.807, 2.05) is 42.5 Å². The number of carbonyl (C=O) groups is 1. The predicted molar refractivity (Wildman–Crippen MR) is 185 cm³/mol. The number of benzene rings is 2. The van der Waals surface area contributed by atoms with Crippen LogP contribution in [0, 0.1) is 6.92 Å². The number of nitrogens with zero attached hydrogens (tertiary/aromatic N) is 4. The Labute approximate surface area is 280 Å². The van der Waals surface area contributed by atoms with Gasteiger partial charge in [-0.2, -0.15) is 0 Å². The standard InChI is InChI=1S/C34H33Cl2N7O4/c1-18-15-26-28(33(45)43(3)34(46)42(26)2)31(38-18)40-25-10-6-8-22(30(25)36)21-7-5-9-23(29(21)35)24-13-11-19(32(41-24)47-4)16-37-17-20-12-14-27(44)39-20/h5-11,13,15,20,37H,12,14,16-17H2,1-4H3,(H,38,40)(H,39,44)/t20-/m0/s1. The quantitative estimate of drug-likeness (QED) is 0.197. The number of anilines is 2. The Morgan fingerprint density at radius 2 is 1.68 bits per heavy atom. The van der Waals surface area contributed by atoms with Crippen LogP contribution in [0.4, 0.5) is 11.5 Å². The molecule has 0 saturated carbocycles. The molecule has 1 amide bonds. The molecule has 0 radical (unpaired) electrons. The number of halogens is 2. The molecule has 3 aromatic heterocycles. The number of rotatable bonds is 9. The van der Waals surface area contributed by atoms with E-state index in [1.54, 1.807) is 33.2 Å². The molecule has 1 fully saturated rings. The Hall–Kier alpha value is -4.71. The number of aromatic nitrogens is 4. The van der Waals surface area contributed by atoms with Crippen molar-refractivity contribution in [2.45, 2.75) is 32.4 Å². The van der Waals surface area contributed by atoms with E-state index >= 15 is 0 Å². The van der Waals surface area contributed by atoms with Crippen LogP contribution in [0.2, 0.25) is 10.0 Å². The zero-order valence-electron chi connectivity index (χ0n) is 26.3. The first-order chi connectivity index (χ1) is 22.6. The van der Waals surface area contributed by atoms with Crippen molar-refractivity contribution in [1.82, 2.24) is 29.7 Å². The molecule has 6 rings (SSSR count). The van der Waals surface area contributed by atoms with Crippen LogP contribution in [0.5, 0.6) is 5.88 Å². The van der Waals surface area contributed by atoms with Gasteiger partial charge in [-0.1, -0.05) is 59.6 Å². The van der Waals surface area contributed by atoms with Crippen LogP contribution in [0.3, 0.4) is 0 Å². The summed E-state index contributed by atoms with van der Waals surface area (Å²) < 4.78 is 8.09. The summed E-state index contributed by atoms with van der Waals surface area (Å²) in [5, 5.41) is 10.7. The Morgan fingerprint density at radius 3 is 2.40 bits per heavy atom. The summed E-state index contributed by atoms with van der Waals surface area (Å²) in [5.41, 5.74) is 4.24. The summed E-state index contributed by atoms with van der Waals surface area (Å²) in [6.07, 6.45) is 1.38. The van der Waals surface area contributed by atoms with Crippen LogP contribution in [0.1, 0.15) is 24.1 Å². The molecule has 1 aliphatic rings. The molecule has 11 nitrogen and oxygen atoms in total. The number of amides is 1. The summed E-state index contributed by atoms with van der Waals surface area (Å²) in [5.74, 6) is 0.841. The van der Waals surface area contributed by atoms with E-state index in [1.165, 1.54) is 11.6 Å². The Morgan fingerprint density at radius 1 is 0.957 bits per heavy atom.